The number of aromatic nitrogens is 1. The second kappa shape index (κ2) is 11.8. The van der Waals surface area contributed by atoms with Gasteiger partial charge in [0.25, 0.3) is 0 Å². The fraction of sp³-hybridized carbons (Fsp3) is 0.114. The quantitative estimate of drug-likeness (QED) is 0.197. The number of furan rings is 1. The minimum atomic E-state index is -0.183. The van der Waals surface area contributed by atoms with Gasteiger partial charge in [-0.2, -0.15) is 0 Å². The first-order valence-corrected chi connectivity index (χ1v) is 13.5. The van der Waals surface area contributed by atoms with E-state index < -0.39 is 0 Å². The average molecular weight is 527 g/mol. The summed E-state index contributed by atoms with van der Waals surface area (Å²) in [5.41, 5.74) is 4.49. The first-order chi connectivity index (χ1) is 19.7. The van der Waals surface area contributed by atoms with E-state index >= 15 is 0 Å². The van der Waals surface area contributed by atoms with Crippen LogP contribution in [-0.4, -0.2) is 10.5 Å². The summed E-state index contributed by atoms with van der Waals surface area (Å²) in [6, 6.07) is 40.3. The van der Waals surface area contributed by atoms with Crippen LogP contribution in [0.1, 0.15) is 34.8 Å². The molecular formula is C35H30N2O3. The molecule has 5 heteroatoms. The zero-order valence-corrected chi connectivity index (χ0v) is 22.1. The SMILES string of the molecule is O=C(CC(c1cccc(Oc2ccccc2)c1)c1cn(Cc2ccccc2)c2ccccc12)NCc1ccco1. The van der Waals surface area contributed by atoms with Crippen molar-refractivity contribution in [2.75, 3.05) is 0 Å². The predicted octanol–water partition coefficient (Wildman–Crippen LogP) is 7.91. The summed E-state index contributed by atoms with van der Waals surface area (Å²) in [7, 11) is 0. The Labute approximate surface area is 233 Å². The van der Waals surface area contributed by atoms with Crippen molar-refractivity contribution < 1.29 is 13.9 Å². The van der Waals surface area contributed by atoms with Crippen LogP contribution in [0.15, 0.2) is 138 Å². The number of hydrogen-bond acceptors (Lipinski definition) is 3. The Kier molecular flexibility index (Phi) is 7.44. The number of rotatable bonds is 10. The number of ether oxygens (including phenoxy) is 1. The van der Waals surface area contributed by atoms with Crippen molar-refractivity contribution in [1.29, 1.82) is 0 Å². The van der Waals surface area contributed by atoms with Crippen LogP contribution in [0.2, 0.25) is 0 Å². The Morgan fingerprint density at radius 3 is 2.35 bits per heavy atom. The second-order valence-electron chi connectivity index (χ2n) is 9.82. The van der Waals surface area contributed by atoms with E-state index in [9.17, 15) is 4.79 Å². The molecule has 0 spiro atoms. The van der Waals surface area contributed by atoms with Gasteiger partial charge in [-0.05, 0) is 59.2 Å². The number of carbonyl (C=O) groups is 1. The molecule has 6 aromatic rings. The number of benzene rings is 4. The normalized spacial score (nSPS) is 11.8. The van der Waals surface area contributed by atoms with Gasteiger partial charge in [0.15, 0.2) is 0 Å². The van der Waals surface area contributed by atoms with E-state index in [2.05, 4.69) is 70.7 Å². The fourth-order valence-corrected chi connectivity index (χ4v) is 5.15. The standard InChI is InChI=1S/C35H30N2O3/c38-35(36-23-30-17-10-20-39-30)22-32(27-13-9-16-29(21-27)40-28-14-5-2-6-15-28)33-25-37(24-26-11-3-1-4-12-26)34-19-8-7-18-31(33)34/h1-21,25,32H,22-24H2,(H,36,38). The molecular weight excluding hydrogens is 496 g/mol. The molecule has 1 atom stereocenters. The number of hydrogen-bond donors (Lipinski definition) is 1. The number of fused-ring (bicyclic) bond motifs is 1. The largest absolute Gasteiger partial charge is 0.467 e. The van der Waals surface area contributed by atoms with Crippen molar-refractivity contribution in [2.24, 2.45) is 0 Å². The van der Waals surface area contributed by atoms with Gasteiger partial charge in [-0.1, -0.05) is 78.9 Å². The van der Waals surface area contributed by atoms with E-state index in [4.69, 9.17) is 9.15 Å². The maximum Gasteiger partial charge on any atom is 0.221 e. The number of nitrogens with one attached hydrogen (secondary N) is 1. The van der Waals surface area contributed by atoms with Crippen LogP contribution in [0.4, 0.5) is 0 Å². The van der Waals surface area contributed by atoms with Gasteiger partial charge in [-0.15, -0.1) is 0 Å². The lowest BCUT2D eigenvalue weighted by Gasteiger charge is -2.18. The summed E-state index contributed by atoms with van der Waals surface area (Å²) in [5, 5.41) is 4.17. The van der Waals surface area contributed by atoms with E-state index in [-0.39, 0.29) is 18.2 Å². The minimum absolute atomic E-state index is 0.0457. The zero-order chi connectivity index (χ0) is 27.1. The first kappa shape index (κ1) is 25.3. The predicted molar refractivity (Wildman–Crippen MR) is 157 cm³/mol. The van der Waals surface area contributed by atoms with Crippen LogP contribution in [0, 0.1) is 0 Å². The van der Waals surface area contributed by atoms with E-state index in [1.807, 2.05) is 66.7 Å². The molecule has 4 aromatic carbocycles. The third kappa shape index (κ3) is 5.84. The Morgan fingerprint density at radius 1 is 0.800 bits per heavy atom. The number of para-hydroxylation sites is 2. The highest BCUT2D eigenvalue weighted by atomic mass is 16.5. The van der Waals surface area contributed by atoms with Crippen LogP contribution in [0.25, 0.3) is 10.9 Å². The lowest BCUT2D eigenvalue weighted by Crippen LogP contribution is -2.24. The molecule has 0 saturated heterocycles. The summed E-state index contributed by atoms with van der Waals surface area (Å²) in [6.07, 6.45) is 4.10. The molecule has 0 fully saturated rings. The van der Waals surface area contributed by atoms with Gasteiger partial charge in [0.05, 0.1) is 12.8 Å². The zero-order valence-electron chi connectivity index (χ0n) is 22.1. The van der Waals surface area contributed by atoms with E-state index in [1.165, 1.54) is 5.56 Å². The molecule has 1 unspecified atom stereocenters. The Bertz CT molecular complexity index is 1690. The molecule has 198 valence electrons. The third-order valence-electron chi connectivity index (χ3n) is 7.06. The van der Waals surface area contributed by atoms with Gasteiger partial charge < -0.3 is 19.0 Å². The maximum absolute atomic E-state index is 13.3. The van der Waals surface area contributed by atoms with E-state index in [0.29, 0.717) is 6.54 Å². The van der Waals surface area contributed by atoms with Gasteiger partial charge in [0.2, 0.25) is 5.91 Å². The molecule has 0 saturated carbocycles. The van der Waals surface area contributed by atoms with Crippen LogP contribution >= 0.6 is 0 Å². The van der Waals surface area contributed by atoms with Gasteiger partial charge in [-0.25, -0.2) is 0 Å². The number of carbonyl (C=O) groups excluding carboxylic acids is 1. The summed E-state index contributed by atoms with van der Waals surface area (Å²) in [6.45, 7) is 1.10. The lowest BCUT2D eigenvalue weighted by molar-refractivity contribution is -0.121. The Hall–Kier alpha value is -5.03. The Morgan fingerprint density at radius 2 is 1.55 bits per heavy atom. The second-order valence-corrected chi connectivity index (χ2v) is 9.82. The van der Waals surface area contributed by atoms with Crippen molar-refractivity contribution in [2.45, 2.75) is 25.4 Å². The van der Waals surface area contributed by atoms with E-state index in [1.54, 1.807) is 6.26 Å². The van der Waals surface area contributed by atoms with Crippen molar-refractivity contribution in [3.8, 4) is 11.5 Å². The fourth-order valence-electron chi connectivity index (χ4n) is 5.15. The van der Waals surface area contributed by atoms with E-state index in [0.717, 1.165) is 45.8 Å². The van der Waals surface area contributed by atoms with Crippen LogP contribution in [-0.2, 0) is 17.9 Å². The molecule has 1 N–H and O–H groups in total. The molecule has 0 radical (unpaired) electrons. The average Bonchev–Trinajstić information content (AvgIpc) is 3.65. The summed E-state index contributed by atoms with van der Waals surface area (Å²) < 4.78 is 13.8. The minimum Gasteiger partial charge on any atom is -0.467 e. The molecule has 40 heavy (non-hydrogen) atoms. The number of nitrogens with zero attached hydrogens (tertiary/aromatic N) is 1. The maximum atomic E-state index is 13.3. The summed E-state index contributed by atoms with van der Waals surface area (Å²) in [4.78, 5) is 13.3. The Balaban J connectivity index is 1.37. The summed E-state index contributed by atoms with van der Waals surface area (Å²) in [5.74, 6) is 2.00. The van der Waals surface area contributed by atoms with Gasteiger partial charge in [0.1, 0.15) is 17.3 Å². The molecule has 0 aliphatic heterocycles. The van der Waals surface area contributed by atoms with Crippen molar-refractivity contribution in [3.63, 3.8) is 0 Å². The molecule has 5 nitrogen and oxygen atoms in total. The highest BCUT2D eigenvalue weighted by Gasteiger charge is 2.23. The number of amides is 1. The molecule has 0 bridgehead atoms. The van der Waals surface area contributed by atoms with Crippen LogP contribution < -0.4 is 10.1 Å². The van der Waals surface area contributed by atoms with Crippen molar-refractivity contribution >= 4 is 16.8 Å². The smallest absolute Gasteiger partial charge is 0.221 e. The summed E-state index contributed by atoms with van der Waals surface area (Å²) >= 11 is 0. The van der Waals surface area contributed by atoms with Crippen molar-refractivity contribution in [1.82, 2.24) is 9.88 Å². The van der Waals surface area contributed by atoms with Gasteiger partial charge in [-0.3, -0.25) is 4.79 Å². The van der Waals surface area contributed by atoms with Crippen LogP contribution in [0.3, 0.4) is 0 Å². The van der Waals surface area contributed by atoms with Gasteiger partial charge in [0, 0.05) is 36.0 Å². The van der Waals surface area contributed by atoms with Crippen molar-refractivity contribution in [3.05, 3.63) is 156 Å². The molecule has 6 rings (SSSR count). The highest BCUT2D eigenvalue weighted by molar-refractivity contribution is 5.87. The lowest BCUT2D eigenvalue weighted by atomic mass is 9.88. The molecule has 2 heterocycles. The molecule has 0 aliphatic carbocycles. The monoisotopic (exact) mass is 526 g/mol. The topological polar surface area (TPSA) is 56.4 Å². The molecule has 0 aliphatic rings. The third-order valence-corrected chi connectivity index (χ3v) is 7.06. The molecule has 2 aromatic heterocycles. The van der Waals surface area contributed by atoms with Crippen LogP contribution in [0.5, 0.6) is 11.5 Å². The first-order valence-electron chi connectivity index (χ1n) is 13.5. The van der Waals surface area contributed by atoms with Gasteiger partial charge >= 0.3 is 0 Å². The highest BCUT2D eigenvalue weighted by Crippen LogP contribution is 2.37. The molecule has 1 amide bonds.